The largest absolute Gasteiger partial charge is 0.465 e. The monoisotopic (exact) mass is 1270 g/mol. The molecule has 492 valence electrons. The highest BCUT2D eigenvalue weighted by Crippen LogP contribution is 2.49. The van der Waals surface area contributed by atoms with Crippen LogP contribution in [0.3, 0.4) is 0 Å². The summed E-state index contributed by atoms with van der Waals surface area (Å²) in [7, 11) is -0.458. The van der Waals surface area contributed by atoms with Gasteiger partial charge in [-0.2, -0.15) is 8.42 Å². The van der Waals surface area contributed by atoms with Gasteiger partial charge < -0.3 is 48.1 Å². The Morgan fingerprint density at radius 2 is 1.00 bits per heavy atom. The van der Waals surface area contributed by atoms with E-state index in [0.717, 1.165) is 95.2 Å². The van der Waals surface area contributed by atoms with Crippen molar-refractivity contribution in [3.63, 3.8) is 0 Å². The number of piperidine rings is 2. The number of amides is 2. The van der Waals surface area contributed by atoms with Gasteiger partial charge in [-0.15, -0.1) is 0 Å². The quantitative estimate of drug-likeness (QED) is 0.0736. The number of para-hydroxylation sites is 2. The number of carbonyl (C=O) groups excluding carboxylic acids is 4. The standard InChI is InChI=1S/C36H47N3O4.C24H26N2O2.C13H25NO5S/c1-36(2,3)43-35(41)38-20-17-25(18-21-38)16-19-37-22-23-39-31-24-27(34(40)42-4)14-15-28(31)32(26-10-6-5-7-11-26)33(39)29-12-8-9-13-30(29)37;1-28-24(27)17-11-12-19-21(15-17)26-14-13-25-20-10-6-5-9-18(20)23(26)22(19)16-7-3-2-4-8-16;1-13(2,3)19-12(15)14-8-5-11(6-9-14)7-10-18-20(4,16)17/h8-9,12-15,24-26H,5-7,10-11,16-23H2,1-4H3;5-6,9-12,15-16,25H,2-4,7-8,13-14H2,1H3;11H,5-10H2,1-4H3. The molecule has 2 amide bonds. The van der Waals surface area contributed by atoms with Gasteiger partial charge in [0.05, 0.1) is 49.6 Å². The fourth-order valence-electron chi connectivity index (χ4n) is 14.7. The molecule has 2 aliphatic carbocycles. The van der Waals surface area contributed by atoms with E-state index in [1.165, 1.54) is 134 Å². The summed E-state index contributed by atoms with van der Waals surface area (Å²) in [5.74, 6) is 1.55. The van der Waals surface area contributed by atoms with Crippen LogP contribution >= 0.6 is 0 Å². The second-order valence-corrected chi connectivity index (χ2v) is 29.5. The van der Waals surface area contributed by atoms with E-state index in [1.54, 1.807) is 4.90 Å². The number of nitrogens with one attached hydrogen (secondary N) is 1. The van der Waals surface area contributed by atoms with Crippen LogP contribution in [-0.4, -0.2) is 136 Å². The number of nitrogens with zero attached hydrogens (tertiary/aromatic N) is 5. The Morgan fingerprint density at radius 1 is 0.538 bits per heavy atom. The topological polar surface area (TPSA) is 180 Å². The minimum atomic E-state index is -3.35. The summed E-state index contributed by atoms with van der Waals surface area (Å²) in [6, 6.07) is 29.8. The molecule has 0 unspecified atom stereocenters. The molecule has 2 saturated carbocycles. The van der Waals surface area contributed by atoms with Gasteiger partial charge >= 0.3 is 24.1 Å². The molecule has 17 nitrogen and oxygen atoms in total. The maximum atomic E-state index is 12.6. The van der Waals surface area contributed by atoms with Crippen LogP contribution < -0.4 is 10.2 Å². The van der Waals surface area contributed by atoms with Gasteiger partial charge in [-0.3, -0.25) is 4.18 Å². The fraction of sp³-hybridized carbons (Fsp3) is 0.562. The van der Waals surface area contributed by atoms with Crippen molar-refractivity contribution in [3.8, 4) is 22.5 Å². The average Bonchev–Trinajstić information content (AvgIpc) is 1.59. The molecule has 1 N–H and O–H groups in total. The van der Waals surface area contributed by atoms with Crippen LogP contribution in [0.25, 0.3) is 44.3 Å². The Bertz CT molecular complexity index is 3640. The van der Waals surface area contributed by atoms with Crippen LogP contribution in [0.5, 0.6) is 0 Å². The lowest BCUT2D eigenvalue weighted by molar-refractivity contribution is 0.0169. The Morgan fingerprint density at radius 3 is 1.49 bits per heavy atom. The number of aromatic nitrogens is 2. The first-order valence-electron chi connectivity index (χ1n) is 33.5. The predicted octanol–water partition coefficient (Wildman–Crippen LogP) is 15.6. The molecule has 6 aromatic rings. The van der Waals surface area contributed by atoms with Crippen LogP contribution in [0.4, 0.5) is 21.0 Å². The molecule has 4 aliphatic heterocycles. The summed E-state index contributed by atoms with van der Waals surface area (Å²) in [6.45, 7) is 18.9. The third-order valence-electron chi connectivity index (χ3n) is 19.2. The minimum absolute atomic E-state index is 0.189. The smallest absolute Gasteiger partial charge is 0.410 e. The number of ether oxygens (including phenoxy) is 4. The Balaban J connectivity index is 0.000000163. The molecule has 2 saturated heterocycles. The Labute approximate surface area is 539 Å². The van der Waals surface area contributed by atoms with Crippen LogP contribution in [0.1, 0.15) is 188 Å². The maximum absolute atomic E-state index is 12.6. The lowest BCUT2D eigenvalue weighted by Gasteiger charge is -2.34. The fourth-order valence-corrected chi connectivity index (χ4v) is 15.1. The van der Waals surface area contributed by atoms with Gasteiger partial charge in [0.2, 0.25) is 0 Å². The van der Waals surface area contributed by atoms with E-state index >= 15 is 0 Å². The molecule has 0 atom stereocenters. The van der Waals surface area contributed by atoms with E-state index < -0.39 is 21.3 Å². The lowest BCUT2D eigenvalue weighted by Crippen LogP contribution is -2.42. The highest BCUT2D eigenvalue weighted by atomic mass is 32.2. The second-order valence-electron chi connectivity index (χ2n) is 27.8. The maximum Gasteiger partial charge on any atom is 0.410 e. The zero-order valence-corrected chi connectivity index (χ0v) is 56.2. The van der Waals surface area contributed by atoms with Gasteiger partial charge in [-0.25, -0.2) is 19.2 Å². The molecule has 18 heteroatoms. The number of rotatable bonds is 11. The van der Waals surface area contributed by atoms with Gasteiger partial charge in [0.1, 0.15) is 11.2 Å². The number of methoxy groups -OCH3 is 2. The van der Waals surface area contributed by atoms with Crippen LogP contribution in [-0.2, 0) is 46.3 Å². The van der Waals surface area contributed by atoms with Crippen molar-refractivity contribution in [1.82, 2.24) is 18.9 Å². The van der Waals surface area contributed by atoms with Crippen LogP contribution in [0, 0.1) is 11.8 Å². The highest BCUT2D eigenvalue weighted by Gasteiger charge is 2.34. The highest BCUT2D eigenvalue weighted by molar-refractivity contribution is 7.86. The summed E-state index contributed by atoms with van der Waals surface area (Å²) in [5.41, 5.74) is 13.3. The van der Waals surface area contributed by atoms with E-state index in [-0.39, 0.29) is 30.7 Å². The summed E-state index contributed by atoms with van der Waals surface area (Å²) in [5, 5.41) is 6.17. The number of carbonyl (C=O) groups is 4. The van der Waals surface area contributed by atoms with Crippen molar-refractivity contribution < 1.29 is 50.7 Å². The van der Waals surface area contributed by atoms with Gasteiger partial charge in [-0.05, 0) is 177 Å². The first-order valence-corrected chi connectivity index (χ1v) is 35.4. The molecular weight excluding hydrogens is 1170 g/mol. The molecular formula is C73H98N6O11S. The van der Waals surface area contributed by atoms with Gasteiger partial charge in [0.15, 0.2) is 0 Å². The van der Waals surface area contributed by atoms with Gasteiger partial charge in [0.25, 0.3) is 10.1 Å². The number of anilines is 2. The molecule has 0 bridgehead atoms. The number of hydrogen-bond donors (Lipinski definition) is 1. The van der Waals surface area contributed by atoms with Crippen molar-refractivity contribution in [3.05, 3.63) is 107 Å². The van der Waals surface area contributed by atoms with Crippen molar-refractivity contribution in [2.24, 2.45) is 11.8 Å². The number of benzene rings is 4. The normalized spacial score (nSPS) is 17.7. The van der Waals surface area contributed by atoms with E-state index in [4.69, 9.17) is 23.1 Å². The van der Waals surface area contributed by atoms with Crippen molar-refractivity contribution in [2.75, 3.05) is 83.1 Å². The van der Waals surface area contributed by atoms with E-state index in [1.807, 2.05) is 70.7 Å². The predicted molar refractivity (Wildman–Crippen MR) is 361 cm³/mol. The van der Waals surface area contributed by atoms with E-state index in [9.17, 15) is 27.6 Å². The molecule has 91 heavy (non-hydrogen) atoms. The Kier molecular flexibility index (Phi) is 21.5. The van der Waals surface area contributed by atoms with Crippen LogP contribution in [0.15, 0.2) is 84.9 Å². The van der Waals surface area contributed by atoms with Crippen molar-refractivity contribution in [2.45, 2.75) is 180 Å². The molecule has 0 radical (unpaired) electrons. The van der Waals surface area contributed by atoms with Crippen molar-refractivity contribution in [1.29, 1.82) is 0 Å². The molecule has 6 heterocycles. The number of hydrogen-bond acceptors (Lipinski definition) is 13. The minimum Gasteiger partial charge on any atom is -0.465 e. The van der Waals surface area contributed by atoms with Crippen LogP contribution in [0.2, 0.25) is 0 Å². The Hall–Kier alpha value is -7.05. The van der Waals surface area contributed by atoms with E-state index in [0.29, 0.717) is 54.3 Å². The lowest BCUT2D eigenvalue weighted by atomic mass is 9.81. The SMILES string of the molecule is CC(C)(C)OC(=O)N1CCC(CCOS(C)(=O)=O)CC1.COC(=O)c1ccc2c(C3CCCCC3)c3n(c2c1)CCN(CCC1CCN(C(=O)OC(C)(C)C)CC1)c1ccccc1-3.COC(=O)c1ccc2c(C3CCCCC3)c3n(c2c1)CCNc1ccccc1-3. The number of esters is 2. The molecule has 4 aromatic carbocycles. The summed E-state index contributed by atoms with van der Waals surface area (Å²) < 4.78 is 52.4. The molecule has 2 aromatic heterocycles. The third-order valence-corrected chi connectivity index (χ3v) is 19.8. The third kappa shape index (κ3) is 16.4. The summed E-state index contributed by atoms with van der Waals surface area (Å²) in [6.07, 6.45) is 18.9. The molecule has 0 spiro atoms. The first kappa shape index (κ1) is 66.9. The number of likely N-dealkylation sites (tertiary alicyclic amines) is 2. The first-order chi connectivity index (χ1) is 43.6. The zero-order chi connectivity index (χ0) is 64.6. The zero-order valence-electron chi connectivity index (χ0n) is 55.4. The average molecular weight is 1270 g/mol. The summed E-state index contributed by atoms with van der Waals surface area (Å²) in [4.78, 5) is 55.3. The molecule has 6 aliphatic rings. The second kappa shape index (κ2) is 29.3. The number of fused-ring (bicyclic) bond motifs is 10. The summed E-state index contributed by atoms with van der Waals surface area (Å²) >= 11 is 0. The molecule has 4 fully saturated rings. The van der Waals surface area contributed by atoms with E-state index in [2.05, 4.69) is 80.0 Å². The van der Waals surface area contributed by atoms with Gasteiger partial charge in [-0.1, -0.05) is 87.1 Å². The molecule has 12 rings (SSSR count). The van der Waals surface area contributed by atoms with Gasteiger partial charge in [0, 0.05) is 103 Å². The van der Waals surface area contributed by atoms with Crippen molar-refractivity contribution >= 4 is 67.4 Å².